The third-order valence-corrected chi connectivity index (χ3v) is 7.34. The molecule has 0 atom stereocenters. The van der Waals surface area contributed by atoms with Gasteiger partial charge in [0.15, 0.2) is 6.20 Å². The van der Waals surface area contributed by atoms with Crippen LogP contribution in [0.4, 0.5) is 4.39 Å². The van der Waals surface area contributed by atoms with Gasteiger partial charge in [0.25, 0.3) is 0 Å². The first kappa shape index (κ1) is 23.2. The zero-order valence-corrected chi connectivity index (χ0v) is 22.9. The number of hydrogen-bond acceptors (Lipinski definition) is 2. The van der Waals surface area contributed by atoms with E-state index in [4.69, 9.17) is 7.16 Å². The standard InChI is InChI=1S/C36H30FN2O/c1-22(2)18-28-21-39(4)32(19-31(28)37)33-23(3)10-16-29-30-17-15-27(20-38)34(36(30)40-35(29)33)26-13-11-25(12-14-26)24-8-6-5-7-9-24/h5-17,19,21-22H,18H2,1-4H3/q+1/i18D2. The molecule has 4 aromatic carbocycles. The minimum Gasteiger partial charge on any atom is -0.454 e. The predicted molar refractivity (Wildman–Crippen MR) is 159 cm³/mol. The first-order valence-corrected chi connectivity index (χ1v) is 13.4. The Morgan fingerprint density at radius 2 is 1.50 bits per heavy atom. The lowest BCUT2D eigenvalue weighted by molar-refractivity contribution is -0.661. The summed E-state index contributed by atoms with van der Waals surface area (Å²) < 4.78 is 40.8. The molecule has 2 heterocycles. The highest BCUT2D eigenvalue weighted by molar-refractivity contribution is 6.14. The van der Waals surface area contributed by atoms with Gasteiger partial charge in [0.05, 0.1) is 22.8 Å². The Morgan fingerprint density at radius 3 is 2.17 bits per heavy atom. The molecule has 6 aromatic rings. The lowest BCUT2D eigenvalue weighted by Gasteiger charge is -2.09. The van der Waals surface area contributed by atoms with Gasteiger partial charge in [-0.1, -0.05) is 80.6 Å². The van der Waals surface area contributed by atoms with E-state index in [0.717, 1.165) is 38.6 Å². The Bertz CT molecular complexity index is 2020. The van der Waals surface area contributed by atoms with Crippen molar-refractivity contribution in [2.45, 2.75) is 27.1 Å². The van der Waals surface area contributed by atoms with Crippen molar-refractivity contribution in [2.75, 3.05) is 0 Å². The molecular formula is C36H30FN2O+. The molecule has 0 aliphatic carbocycles. The van der Waals surface area contributed by atoms with Crippen LogP contribution in [0.5, 0.6) is 0 Å². The monoisotopic (exact) mass is 527 g/mol. The van der Waals surface area contributed by atoms with Crippen LogP contribution in [0.2, 0.25) is 0 Å². The summed E-state index contributed by atoms with van der Waals surface area (Å²) in [4.78, 5) is 0. The number of nitrogens with zero attached hydrogens (tertiary/aromatic N) is 2. The fourth-order valence-electron chi connectivity index (χ4n) is 5.45. The van der Waals surface area contributed by atoms with Gasteiger partial charge in [-0.15, -0.1) is 0 Å². The van der Waals surface area contributed by atoms with Gasteiger partial charge in [-0.25, -0.2) is 8.96 Å². The maximum absolute atomic E-state index is 15.5. The maximum atomic E-state index is 15.5. The van der Waals surface area contributed by atoms with E-state index in [9.17, 15) is 5.26 Å². The summed E-state index contributed by atoms with van der Waals surface area (Å²) in [6.45, 7) is 5.44. The third kappa shape index (κ3) is 4.34. The molecule has 0 aliphatic rings. The Balaban J connectivity index is 1.57. The van der Waals surface area contributed by atoms with Crippen molar-refractivity contribution < 1.29 is 16.1 Å². The lowest BCUT2D eigenvalue weighted by Crippen LogP contribution is -2.32. The highest BCUT2D eigenvalue weighted by atomic mass is 19.1. The Kier molecular flexibility index (Phi) is 5.85. The van der Waals surface area contributed by atoms with E-state index < -0.39 is 18.1 Å². The van der Waals surface area contributed by atoms with E-state index in [-0.39, 0.29) is 5.56 Å². The number of aromatic nitrogens is 1. The number of hydrogen-bond donors (Lipinski definition) is 0. The van der Waals surface area contributed by atoms with Crippen molar-refractivity contribution in [1.82, 2.24) is 0 Å². The lowest BCUT2D eigenvalue weighted by atomic mass is 9.94. The number of nitriles is 1. The van der Waals surface area contributed by atoms with Crippen LogP contribution in [-0.4, -0.2) is 0 Å². The van der Waals surface area contributed by atoms with Crippen LogP contribution in [0.1, 0.15) is 33.3 Å². The SMILES string of the molecule is [2H]C([2H])(c1c[n+](C)c(-c2c(C)ccc3c2oc2c(-c4ccc(-c5ccccc5)cc4)c(C#N)ccc23)cc1F)C(C)C. The van der Waals surface area contributed by atoms with Crippen molar-refractivity contribution in [3.05, 3.63) is 114 Å². The highest BCUT2D eigenvalue weighted by Gasteiger charge is 2.25. The van der Waals surface area contributed by atoms with E-state index in [1.54, 1.807) is 31.7 Å². The average molecular weight is 528 g/mol. The zero-order chi connectivity index (χ0) is 29.8. The van der Waals surface area contributed by atoms with Gasteiger partial charge in [-0.2, -0.15) is 5.26 Å². The first-order chi connectivity index (χ1) is 20.1. The first-order valence-electron chi connectivity index (χ1n) is 14.4. The largest absolute Gasteiger partial charge is 0.454 e. The molecule has 0 spiro atoms. The van der Waals surface area contributed by atoms with Crippen molar-refractivity contribution in [1.29, 1.82) is 5.26 Å². The molecule has 0 saturated heterocycles. The maximum Gasteiger partial charge on any atom is 0.219 e. The smallest absolute Gasteiger partial charge is 0.219 e. The molecule has 0 saturated carbocycles. The molecule has 4 heteroatoms. The molecular weight excluding hydrogens is 495 g/mol. The average Bonchev–Trinajstić information content (AvgIpc) is 3.36. The van der Waals surface area contributed by atoms with E-state index >= 15 is 4.39 Å². The summed E-state index contributed by atoms with van der Waals surface area (Å²) in [5.41, 5.74) is 7.68. The highest BCUT2D eigenvalue weighted by Crippen LogP contribution is 2.42. The van der Waals surface area contributed by atoms with Gasteiger partial charge < -0.3 is 4.42 Å². The fourth-order valence-corrected chi connectivity index (χ4v) is 5.45. The van der Waals surface area contributed by atoms with Crippen molar-refractivity contribution in [3.8, 4) is 39.6 Å². The normalized spacial score (nSPS) is 12.5. The van der Waals surface area contributed by atoms with E-state index in [1.807, 2.05) is 73.7 Å². The second-order valence-corrected chi connectivity index (χ2v) is 10.5. The van der Waals surface area contributed by atoms with Crippen LogP contribution in [-0.2, 0) is 13.4 Å². The molecule has 40 heavy (non-hydrogen) atoms. The molecule has 0 aliphatic heterocycles. The number of halogens is 1. The number of pyridine rings is 1. The van der Waals surface area contributed by atoms with Gasteiger partial charge in [0, 0.05) is 25.1 Å². The molecule has 0 fully saturated rings. The molecule has 3 nitrogen and oxygen atoms in total. The Labute approximate surface area is 236 Å². The van der Waals surface area contributed by atoms with Crippen LogP contribution in [0.25, 0.3) is 55.4 Å². The summed E-state index contributed by atoms with van der Waals surface area (Å²) in [6.07, 6.45) is -0.279. The van der Waals surface area contributed by atoms with Crippen LogP contribution >= 0.6 is 0 Å². The van der Waals surface area contributed by atoms with Gasteiger partial charge >= 0.3 is 0 Å². The summed E-state index contributed by atoms with van der Waals surface area (Å²) in [7, 11) is 1.79. The predicted octanol–water partition coefficient (Wildman–Crippen LogP) is 8.93. The summed E-state index contributed by atoms with van der Waals surface area (Å²) in [5, 5.41) is 11.8. The van der Waals surface area contributed by atoms with Crippen molar-refractivity contribution in [3.63, 3.8) is 0 Å². The van der Waals surface area contributed by atoms with Crippen molar-refractivity contribution >= 4 is 21.9 Å². The molecule has 0 radical (unpaired) electrons. The number of furan rings is 1. The Hall–Kier alpha value is -4.75. The quantitative estimate of drug-likeness (QED) is 0.210. The second-order valence-electron chi connectivity index (χ2n) is 10.5. The minimum atomic E-state index is -1.82. The number of benzene rings is 4. The molecule has 196 valence electrons. The van der Waals surface area contributed by atoms with Gasteiger partial charge in [0.1, 0.15) is 24.0 Å². The molecule has 0 bridgehead atoms. The van der Waals surface area contributed by atoms with Gasteiger partial charge in [-0.05, 0) is 53.6 Å². The summed E-state index contributed by atoms with van der Waals surface area (Å²) >= 11 is 0. The number of fused-ring (bicyclic) bond motifs is 3. The number of aryl methyl sites for hydroxylation is 2. The second kappa shape index (κ2) is 10.1. The van der Waals surface area contributed by atoms with Gasteiger partial charge in [-0.3, -0.25) is 0 Å². The van der Waals surface area contributed by atoms with E-state index in [2.05, 4.69) is 18.2 Å². The van der Waals surface area contributed by atoms with Crippen LogP contribution < -0.4 is 4.57 Å². The molecule has 0 N–H and O–H groups in total. The van der Waals surface area contributed by atoms with Crippen molar-refractivity contribution in [2.24, 2.45) is 13.0 Å². The topological polar surface area (TPSA) is 40.8 Å². The molecule has 6 rings (SSSR count). The molecule has 0 unspecified atom stereocenters. The third-order valence-electron chi connectivity index (χ3n) is 7.34. The summed E-state index contributed by atoms with van der Waals surface area (Å²) in [6, 6.07) is 29.7. The van der Waals surface area contributed by atoms with Crippen LogP contribution in [0, 0.1) is 30.0 Å². The molecule has 0 amide bonds. The fraction of sp³-hybridized carbons (Fsp3) is 0.167. The van der Waals surface area contributed by atoms with E-state index in [0.29, 0.717) is 28.0 Å². The summed E-state index contributed by atoms with van der Waals surface area (Å²) in [5.74, 6) is -0.992. The minimum absolute atomic E-state index is 0.0260. The van der Waals surface area contributed by atoms with Crippen LogP contribution in [0.15, 0.2) is 95.5 Å². The Morgan fingerprint density at radius 1 is 0.875 bits per heavy atom. The molecule has 2 aromatic heterocycles. The van der Waals surface area contributed by atoms with E-state index in [1.165, 1.54) is 6.07 Å². The number of rotatable bonds is 5. The van der Waals surface area contributed by atoms with Gasteiger partial charge in [0.2, 0.25) is 5.69 Å². The zero-order valence-electron chi connectivity index (χ0n) is 24.9. The van der Waals surface area contributed by atoms with Crippen LogP contribution in [0.3, 0.4) is 0 Å².